The number of ether oxygens (including phenoxy) is 1. The average Bonchev–Trinajstić information content (AvgIpc) is 3.64. The Kier molecular flexibility index (Phi) is 17.3. The first-order valence-corrected chi connectivity index (χ1v) is 22.1. The van der Waals surface area contributed by atoms with Gasteiger partial charge in [0.15, 0.2) is 22.8 Å². The number of unbranched alkanes of at least 4 members (excludes halogenated alkanes) is 2. The van der Waals surface area contributed by atoms with Crippen molar-refractivity contribution in [1.29, 1.82) is 0 Å². The number of carbonyl (C=O) groups excluding carboxylic acids is 3. The number of hydrogen-bond donors (Lipinski definition) is 9. The molecule has 0 bridgehead atoms. The first-order valence-electron chi connectivity index (χ1n) is 16.6. The third-order valence-electron chi connectivity index (χ3n) is 7.75. The lowest BCUT2D eigenvalue weighted by atomic mass is 9.87. The van der Waals surface area contributed by atoms with Gasteiger partial charge in [-0.3, -0.25) is 32.5 Å². The van der Waals surface area contributed by atoms with Crippen LogP contribution < -0.4 is 16.4 Å². The number of carbonyl (C=O) groups is 3. The van der Waals surface area contributed by atoms with Crippen LogP contribution in [0.3, 0.4) is 0 Å². The molecule has 3 heterocycles. The molecule has 1 fully saturated rings. The van der Waals surface area contributed by atoms with E-state index in [0.717, 1.165) is 48.2 Å². The molecule has 28 heteroatoms. The lowest BCUT2D eigenvalue weighted by Crippen LogP contribution is -2.46. The lowest BCUT2D eigenvalue weighted by Gasteiger charge is -2.30. The maximum atomic E-state index is 12.7. The number of phosphoric acid groups is 3. The molecule has 7 atom stereocenters. The van der Waals surface area contributed by atoms with Crippen LogP contribution in [0.15, 0.2) is 12.7 Å². The van der Waals surface area contributed by atoms with E-state index in [-0.39, 0.29) is 41.6 Å². The number of nitrogens with two attached hydrogens (primary N) is 1. The van der Waals surface area contributed by atoms with Gasteiger partial charge in [0, 0.05) is 37.1 Å². The van der Waals surface area contributed by atoms with Crippen molar-refractivity contribution in [3.63, 3.8) is 0 Å². The lowest BCUT2D eigenvalue weighted by molar-refractivity contribution is -0.137. The fourth-order valence-corrected chi connectivity index (χ4v) is 8.44. The van der Waals surface area contributed by atoms with Crippen molar-refractivity contribution in [3.05, 3.63) is 12.7 Å². The number of imidazole rings is 1. The van der Waals surface area contributed by atoms with Gasteiger partial charge in [-0.2, -0.15) is 4.31 Å². The van der Waals surface area contributed by atoms with Gasteiger partial charge in [-0.1, -0.05) is 45.4 Å². The summed E-state index contributed by atoms with van der Waals surface area (Å²) in [4.78, 5) is 87.3. The van der Waals surface area contributed by atoms with E-state index in [9.17, 15) is 57.9 Å². The Balaban J connectivity index is 1.49. The van der Waals surface area contributed by atoms with Crippen molar-refractivity contribution in [2.45, 2.75) is 83.5 Å². The maximum Gasteiger partial charge on any atom is 0.481 e. The molecule has 0 saturated carbocycles. The summed E-state index contributed by atoms with van der Waals surface area (Å²) in [6.07, 6.45) is -3.63. The number of aromatic nitrogens is 4. The molecule has 3 rings (SSSR count). The summed E-state index contributed by atoms with van der Waals surface area (Å²) in [6.45, 7) is 2.59. The molecule has 1 saturated heterocycles. The van der Waals surface area contributed by atoms with Gasteiger partial charge in [-0.25, -0.2) is 28.6 Å². The zero-order valence-corrected chi connectivity index (χ0v) is 33.4. The molecule has 0 aromatic carbocycles. The second kappa shape index (κ2) is 20.3. The van der Waals surface area contributed by atoms with Crippen molar-refractivity contribution in [3.8, 4) is 0 Å². The number of aliphatic hydroxyl groups excluding tert-OH is 2. The Labute approximate surface area is 318 Å². The Morgan fingerprint density at radius 2 is 1.73 bits per heavy atom. The van der Waals surface area contributed by atoms with Gasteiger partial charge in [0.25, 0.3) is 0 Å². The number of phosphoric ester groups is 3. The minimum Gasteiger partial charge on any atom is -0.386 e. The van der Waals surface area contributed by atoms with Crippen LogP contribution in [0.5, 0.6) is 0 Å². The van der Waals surface area contributed by atoms with E-state index in [1.165, 1.54) is 13.8 Å². The highest BCUT2D eigenvalue weighted by Gasteiger charge is 2.50. The number of aliphatic hydroxyl groups is 2. The molecule has 2 aromatic rings. The van der Waals surface area contributed by atoms with E-state index < -0.39 is 84.6 Å². The van der Waals surface area contributed by atoms with Crippen LogP contribution in [0, 0.1) is 5.41 Å². The smallest absolute Gasteiger partial charge is 0.386 e. The fourth-order valence-electron chi connectivity index (χ4n) is 4.89. The zero-order valence-electron chi connectivity index (χ0n) is 29.9. The van der Waals surface area contributed by atoms with Gasteiger partial charge in [-0.05, 0) is 6.42 Å². The van der Waals surface area contributed by atoms with Crippen LogP contribution in [0.2, 0.25) is 0 Å². The second-order valence-electron chi connectivity index (χ2n) is 12.7. The minimum absolute atomic E-state index is 0.0321. The van der Waals surface area contributed by atoms with Crippen molar-refractivity contribution < 1.29 is 80.5 Å². The monoisotopic (exact) mass is 865 g/mol. The van der Waals surface area contributed by atoms with Crippen LogP contribution in [0.25, 0.3) is 11.2 Å². The largest absolute Gasteiger partial charge is 0.481 e. The molecule has 0 aliphatic carbocycles. The van der Waals surface area contributed by atoms with Crippen molar-refractivity contribution in [1.82, 2.24) is 30.2 Å². The third kappa shape index (κ3) is 14.8. The van der Waals surface area contributed by atoms with Crippen LogP contribution in [-0.2, 0) is 50.7 Å². The highest BCUT2D eigenvalue weighted by molar-refractivity contribution is 8.13. The molecule has 2 unspecified atom stereocenters. The van der Waals surface area contributed by atoms with E-state index in [1.807, 2.05) is 6.92 Å². The van der Waals surface area contributed by atoms with E-state index >= 15 is 0 Å². The zero-order chi connectivity index (χ0) is 41.2. The summed E-state index contributed by atoms with van der Waals surface area (Å²) < 4.78 is 62.1. The molecule has 1 aliphatic rings. The van der Waals surface area contributed by atoms with Gasteiger partial charge in [0.05, 0.1) is 19.5 Å². The number of fused-ring (bicyclic) bond motifs is 1. The number of nitrogens with zero attached hydrogens (tertiary/aromatic N) is 4. The van der Waals surface area contributed by atoms with Crippen molar-refractivity contribution >= 4 is 69.1 Å². The first kappa shape index (κ1) is 46.9. The number of nitrogens with one attached hydrogen (secondary N) is 2. The molecule has 0 radical (unpaired) electrons. The number of amides is 2. The summed E-state index contributed by atoms with van der Waals surface area (Å²) in [5.74, 6) is -1.04. The Bertz CT molecular complexity index is 1780. The molecule has 2 amide bonds. The summed E-state index contributed by atoms with van der Waals surface area (Å²) in [7, 11) is -16.4. The Morgan fingerprint density at radius 1 is 1.04 bits per heavy atom. The molecule has 24 nitrogen and oxygen atoms in total. The van der Waals surface area contributed by atoms with E-state index in [0.29, 0.717) is 12.2 Å². The predicted octanol–water partition coefficient (Wildman–Crippen LogP) is 0.245. The summed E-state index contributed by atoms with van der Waals surface area (Å²) in [5, 5.41) is 26.4. The van der Waals surface area contributed by atoms with Crippen LogP contribution in [0.4, 0.5) is 5.82 Å². The highest BCUT2D eigenvalue weighted by Crippen LogP contribution is 2.61. The van der Waals surface area contributed by atoms with Gasteiger partial charge >= 0.3 is 23.5 Å². The van der Waals surface area contributed by atoms with E-state index in [4.69, 9.17) is 19.5 Å². The minimum atomic E-state index is -5.56. The summed E-state index contributed by atoms with van der Waals surface area (Å²) in [6, 6.07) is 0. The number of nitrogen functional groups attached to an aromatic ring is 1. The number of anilines is 1. The molecule has 1 aliphatic heterocycles. The highest BCUT2D eigenvalue weighted by atomic mass is 32.2. The predicted molar refractivity (Wildman–Crippen MR) is 191 cm³/mol. The van der Waals surface area contributed by atoms with Gasteiger partial charge in [-0.15, -0.1) is 0 Å². The molecule has 2 aromatic heterocycles. The average molecular weight is 866 g/mol. The van der Waals surface area contributed by atoms with Gasteiger partial charge < -0.3 is 50.9 Å². The molecular formula is C27H46N7O17P3S. The molecule has 10 N–H and O–H groups in total. The molecular weight excluding hydrogens is 819 g/mol. The number of rotatable bonds is 23. The maximum absolute atomic E-state index is 12.7. The van der Waals surface area contributed by atoms with E-state index in [1.54, 1.807) is 0 Å². The molecule has 312 valence electrons. The summed E-state index contributed by atoms with van der Waals surface area (Å²) in [5.41, 5.74) is 4.27. The summed E-state index contributed by atoms with van der Waals surface area (Å²) >= 11 is 1.12. The van der Waals surface area contributed by atoms with Crippen LogP contribution >= 0.6 is 35.2 Å². The van der Waals surface area contributed by atoms with Crippen molar-refractivity contribution in [2.24, 2.45) is 5.41 Å². The quantitative estimate of drug-likeness (QED) is 0.0534. The van der Waals surface area contributed by atoms with Crippen molar-refractivity contribution in [2.75, 3.05) is 37.8 Å². The number of thioether (sulfide) groups is 1. The fraction of sp³-hybridized carbons (Fsp3) is 0.704. The molecule has 0 spiro atoms. The standard InChI is InChI=1S/C27H46N7O17P3S/c1-4-5-6-7-18(36)55-11-10-29-17(35)8-9-30-25(39)22(38)27(2,3)13-48-54(45,46)51-53(43,44)47-12-16-21(50-52(40,41)42)20(37)26(49-16)34-15-33-19-23(28)31-14-32-24(19)34/h14-16,20-22,26,37-38H,4-13H2,1-3H3,(H,29,35)(H,30,39)(H,43,44)(H,45,46)(H2,28,31,32)(H2,40,41,42)/t16-,20+,21-,22+,26+/m0/s1. The SMILES string of the molecule is CCCCCC(=O)SCCNC(=O)CCNC(=O)[C@@H](O)C(C)(C)COP(=O)(O)OP(=O)(O)OC[C@@H]1O[C@@H](n2cnc3c(N)ncnc32)[C@H](O)[C@H]1OP(=O)(O)O. The van der Waals surface area contributed by atoms with E-state index in [2.05, 4.69) is 34.4 Å². The Hall–Kier alpha value is -2.44. The topological polar surface area (TPSA) is 364 Å². The van der Waals surface area contributed by atoms with Crippen LogP contribution in [-0.4, -0.2) is 123 Å². The van der Waals surface area contributed by atoms with Crippen LogP contribution in [0.1, 0.15) is 59.1 Å². The van der Waals surface area contributed by atoms with Gasteiger partial charge in [0.1, 0.15) is 36.3 Å². The number of hydrogen-bond acceptors (Lipinski definition) is 18. The first-order chi connectivity index (χ1) is 25.6. The third-order valence-corrected chi connectivity index (χ3v) is 11.8. The Morgan fingerprint density at radius 3 is 2.40 bits per heavy atom. The normalized spacial score (nSPS) is 21.8. The molecule has 55 heavy (non-hydrogen) atoms. The second-order valence-corrected chi connectivity index (χ2v) is 18.1. The van der Waals surface area contributed by atoms with Gasteiger partial charge in [0.2, 0.25) is 11.8 Å².